The number of anilines is 2. The average molecular weight is 436 g/mol. The number of pyridine rings is 1. The van der Waals surface area contributed by atoms with Crippen LogP contribution in [0.15, 0.2) is 69.9 Å². The minimum atomic E-state index is -0.121. The number of hydrogen-bond acceptors (Lipinski definition) is 4. The Morgan fingerprint density at radius 1 is 1.07 bits per heavy atom. The molecule has 27 heavy (non-hydrogen) atoms. The molecule has 0 aliphatic carbocycles. The van der Waals surface area contributed by atoms with Gasteiger partial charge in [-0.15, -0.1) is 11.3 Å². The molecule has 0 amide bonds. The molecule has 1 N–H and O–H groups in total. The maximum Gasteiger partial charge on any atom is 0.256 e. The van der Waals surface area contributed by atoms with E-state index in [4.69, 9.17) is 0 Å². The van der Waals surface area contributed by atoms with Crippen LogP contribution in [0.5, 0.6) is 0 Å². The maximum atomic E-state index is 12.6. The molecule has 132 valence electrons. The van der Waals surface area contributed by atoms with E-state index in [9.17, 15) is 10.1 Å². The number of benzene rings is 2. The molecule has 0 radical (unpaired) electrons. The van der Waals surface area contributed by atoms with E-state index in [0.717, 1.165) is 37.3 Å². The van der Waals surface area contributed by atoms with Crippen molar-refractivity contribution in [1.82, 2.24) is 4.57 Å². The van der Waals surface area contributed by atoms with Crippen LogP contribution in [0.2, 0.25) is 0 Å². The first-order valence-electron chi connectivity index (χ1n) is 8.26. The molecule has 2 aromatic heterocycles. The molecule has 0 fully saturated rings. The van der Waals surface area contributed by atoms with E-state index in [1.807, 2.05) is 55.5 Å². The number of hydrogen-bond donors (Lipinski definition) is 1. The minimum absolute atomic E-state index is 0.121. The lowest BCUT2D eigenvalue weighted by Crippen LogP contribution is -2.16. The van der Waals surface area contributed by atoms with Crippen LogP contribution in [0, 0.1) is 18.3 Å². The molecule has 4 rings (SSSR count). The van der Waals surface area contributed by atoms with Gasteiger partial charge in [0.2, 0.25) is 0 Å². The monoisotopic (exact) mass is 435 g/mol. The van der Waals surface area contributed by atoms with Crippen LogP contribution in [-0.2, 0) is 0 Å². The van der Waals surface area contributed by atoms with Crippen molar-refractivity contribution in [3.63, 3.8) is 0 Å². The zero-order valence-electron chi connectivity index (χ0n) is 14.4. The van der Waals surface area contributed by atoms with Crippen molar-refractivity contribution < 1.29 is 0 Å². The normalized spacial score (nSPS) is 10.7. The van der Waals surface area contributed by atoms with Crippen molar-refractivity contribution in [2.75, 3.05) is 5.32 Å². The topological polar surface area (TPSA) is 57.8 Å². The number of halogens is 1. The van der Waals surface area contributed by atoms with Gasteiger partial charge < -0.3 is 5.32 Å². The highest BCUT2D eigenvalue weighted by Crippen LogP contribution is 2.38. The highest BCUT2D eigenvalue weighted by molar-refractivity contribution is 9.10. The third kappa shape index (κ3) is 3.05. The zero-order valence-corrected chi connectivity index (χ0v) is 16.8. The van der Waals surface area contributed by atoms with Crippen LogP contribution in [0.1, 0.15) is 10.4 Å². The average Bonchev–Trinajstić information content (AvgIpc) is 3.03. The first kappa shape index (κ1) is 17.5. The fraction of sp³-hybridized carbons (Fsp3) is 0.0476. The van der Waals surface area contributed by atoms with Crippen molar-refractivity contribution in [3.8, 4) is 11.8 Å². The molecule has 0 spiro atoms. The Hall–Kier alpha value is -2.88. The van der Waals surface area contributed by atoms with E-state index >= 15 is 0 Å². The van der Waals surface area contributed by atoms with E-state index in [2.05, 4.69) is 27.3 Å². The van der Waals surface area contributed by atoms with Crippen LogP contribution in [0.25, 0.3) is 15.9 Å². The van der Waals surface area contributed by atoms with E-state index in [0.29, 0.717) is 4.88 Å². The third-order valence-corrected chi connectivity index (χ3v) is 6.34. The zero-order chi connectivity index (χ0) is 19.0. The molecule has 0 atom stereocenters. The smallest absolute Gasteiger partial charge is 0.256 e. The number of nitrogens with one attached hydrogen (secondary N) is 1. The van der Waals surface area contributed by atoms with E-state index in [-0.39, 0.29) is 5.56 Å². The Morgan fingerprint density at radius 2 is 1.85 bits per heavy atom. The number of rotatable bonds is 3. The van der Waals surface area contributed by atoms with Gasteiger partial charge in [-0.2, -0.15) is 5.26 Å². The van der Waals surface area contributed by atoms with Crippen molar-refractivity contribution >= 4 is 48.9 Å². The fourth-order valence-corrected chi connectivity index (χ4v) is 4.42. The summed E-state index contributed by atoms with van der Waals surface area (Å²) in [6, 6.07) is 21.0. The third-order valence-electron chi connectivity index (χ3n) is 4.38. The van der Waals surface area contributed by atoms with Crippen molar-refractivity contribution in [2.24, 2.45) is 0 Å². The summed E-state index contributed by atoms with van der Waals surface area (Å²) in [6.45, 7) is 2.01. The molecule has 0 aliphatic heterocycles. The molecular formula is C21H14BrN3OS. The van der Waals surface area contributed by atoms with Crippen molar-refractivity contribution in [1.29, 1.82) is 5.26 Å². The lowest BCUT2D eigenvalue weighted by atomic mass is 10.2. The number of nitriles is 1. The van der Waals surface area contributed by atoms with Crippen molar-refractivity contribution in [2.45, 2.75) is 6.92 Å². The lowest BCUT2D eigenvalue weighted by molar-refractivity contribution is 1.06. The molecule has 0 aliphatic rings. The molecule has 4 nitrogen and oxygen atoms in total. The SMILES string of the molecule is Cc1c(Br)cccc1Nc1c(C#N)sc2c1ccc(=O)n2-c1ccccc1. The Morgan fingerprint density at radius 3 is 2.59 bits per heavy atom. The standard InChI is InChI=1S/C21H14BrN3OS/c1-13-16(22)8-5-9-17(13)24-20-15-10-11-19(26)25(14-6-3-2-4-7-14)21(15)27-18(20)12-23/h2-11,24H,1H3. The van der Waals surface area contributed by atoms with Gasteiger partial charge in [-0.25, -0.2) is 0 Å². The minimum Gasteiger partial charge on any atom is -0.353 e. The van der Waals surface area contributed by atoms with Gasteiger partial charge >= 0.3 is 0 Å². The van der Waals surface area contributed by atoms with Gasteiger partial charge in [-0.05, 0) is 42.8 Å². The molecule has 0 saturated carbocycles. The van der Waals surface area contributed by atoms with Gasteiger partial charge in [0.1, 0.15) is 15.8 Å². The molecule has 0 unspecified atom stereocenters. The molecule has 2 heterocycles. The number of nitrogens with zero attached hydrogens (tertiary/aromatic N) is 2. The van der Waals surface area contributed by atoms with E-state index < -0.39 is 0 Å². The quantitative estimate of drug-likeness (QED) is 0.446. The van der Waals surface area contributed by atoms with Crippen LogP contribution >= 0.6 is 27.3 Å². The number of fused-ring (bicyclic) bond motifs is 1. The molecular weight excluding hydrogens is 422 g/mol. The maximum absolute atomic E-state index is 12.6. The summed E-state index contributed by atoms with van der Waals surface area (Å²) in [7, 11) is 0. The Bertz CT molecular complexity index is 1250. The van der Waals surface area contributed by atoms with Gasteiger partial charge in [0.15, 0.2) is 0 Å². The molecule has 4 aromatic rings. The first-order chi connectivity index (χ1) is 13.1. The number of thiophene rings is 1. The summed E-state index contributed by atoms with van der Waals surface area (Å²) in [5.74, 6) is 0. The van der Waals surface area contributed by atoms with Gasteiger partial charge in [-0.1, -0.05) is 40.2 Å². The highest BCUT2D eigenvalue weighted by Gasteiger charge is 2.17. The number of aromatic nitrogens is 1. The van der Waals surface area contributed by atoms with Crippen molar-refractivity contribution in [3.05, 3.63) is 85.9 Å². The second kappa shape index (κ2) is 7.03. The molecule has 0 saturated heterocycles. The summed E-state index contributed by atoms with van der Waals surface area (Å²) in [6.07, 6.45) is 0. The Labute approximate surface area is 168 Å². The first-order valence-corrected chi connectivity index (χ1v) is 9.87. The lowest BCUT2D eigenvalue weighted by Gasteiger charge is -2.11. The number of para-hydroxylation sites is 1. The summed E-state index contributed by atoms with van der Waals surface area (Å²) in [4.78, 5) is 13.9. The predicted octanol–water partition coefficient (Wildman–Crippen LogP) is 5.74. The molecule has 6 heteroatoms. The fourth-order valence-electron chi connectivity index (χ4n) is 2.98. The predicted molar refractivity (Wildman–Crippen MR) is 114 cm³/mol. The summed E-state index contributed by atoms with van der Waals surface area (Å²) in [5, 5.41) is 13.9. The van der Waals surface area contributed by atoms with Gasteiger partial charge in [-0.3, -0.25) is 9.36 Å². The van der Waals surface area contributed by atoms with Crippen LogP contribution in [0.3, 0.4) is 0 Å². The summed E-state index contributed by atoms with van der Waals surface area (Å²) < 4.78 is 2.64. The molecule has 2 aromatic carbocycles. The second-order valence-electron chi connectivity index (χ2n) is 6.02. The Kier molecular flexibility index (Phi) is 4.56. The molecule has 0 bridgehead atoms. The van der Waals surface area contributed by atoms with Crippen LogP contribution < -0.4 is 10.9 Å². The van der Waals surface area contributed by atoms with E-state index in [1.54, 1.807) is 16.7 Å². The van der Waals surface area contributed by atoms with Gasteiger partial charge in [0.25, 0.3) is 5.56 Å². The largest absolute Gasteiger partial charge is 0.353 e. The van der Waals surface area contributed by atoms with Crippen LogP contribution in [-0.4, -0.2) is 4.57 Å². The van der Waals surface area contributed by atoms with Crippen LogP contribution in [0.4, 0.5) is 11.4 Å². The van der Waals surface area contributed by atoms with Gasteiger partial charge in [0, 0.05) is 21.6 Å². The highest BCUT2D eigenvalue weighted by atomic mass is 79.9. The van der Waals surface area contributed by atoms with Gasteiger partial charge in [0.05, 0.1) is 11.4 Å². The Balaban J connectivity index is 1.96. The second-order valence-corrected chi connectivity index (χ2v) is 7.87. The summed E-state index contributed by atoms with van der Waals surface area (Å²) >= 11 is 4.86. The summed E-state index contributed by atoms with van der Waals surface area (Å²) in [5.41, 5.74) is 3.35. The van der Waals surface area contributed by atoms with E-state index in [1.165, 1.54) is 11.3 Å².